The summed E-state index contributed by atoms with van der Waals surface area (Å²) in [7, 11) is 0. The topological polar surface area (TPSA) is 43.8 Å². The Morgan fingerprint density at radius 1 is 1.50 bits per heavy atom. The van der Waals surface area contributed by atoms with Crippen molar-refractivity contribution < 1.29 is 0 Å². The first kappa shape index (κ1) is 13.9. The summed E-state index contributed by atoms with van der Waals surface area (Å²) in [6.45, 7) is 6.99. The summed E-state index contributed by atoms with van der Waals surface area (Å²) in [6, 6.07) is 0.156. The molecule has 5 heteroatoms. The molecule has 1 aromatic rings. The first-order chi connectivity index (χ1) is 7.60. The van der Waals surface area contributed by atoms with E-state index in [2.05, 4.69) is 18.9 Å². The Bertz CT molecular complexity index is 338. The van der Waals surface area contributed by atoms with Gasteiger partial charge in [-0.15, -0.1) is 0 Å². The summed E-state index contributed by atoms with van der Waals surface area (Å²) in [6.07, 6.45) is 0.806. The van der Waals surface area contributed by atoms with E-state index in [1.165, 1.54) is 0 Å². The zero-order chi connectivity index (χ0) is 12.1. The minimum atomic E-state index is 0.156. The molecule has 1 heterocycles. The van der Waals surface area contributed by atoms with Crippen LogP contribution in [0.25, 0.3) is 0 Å². The number of thioether (sulfide) groups is 1. The van der Waals surface area contributed by atoms with Gasteiger partial charge in [-0.05, 0) is 19.6 Å². The lowest BCUT2D eigenvalue weighted by atomic mass is 10.2. The molecule has 1 rings (SSSR count). The van der Waals surface area contributed by atoms with Crippen molar-refractivity contribution in [1.29, 1.82) is 0 Å². The molecule has 3 nitrogen and oxygen atoms in total. The lowest BCUT2D eigenvalue weighted by Gasteiger charge is -2.12. The fourth-order valence-electron chi connectivity index (χ4n) is 1.64. The molecule has 2 N–H and O–H groups in total. The normalized spacial score (nSPS) is 13.1. The minimum absolute atomic E-state index is 0.156. The van der Waals surface area contributed by atoms with Gasteiger partial charge in [-0.2, -0.15) is 16.9 Å². The van der Waals surface area contributed by atoms with Gasteiger partial charge in [0.05, 0.1) is 16.4 Å². The molecule has 0 aliphatic heterocycles. The van der Waals surface area contributed by atoms with Crippen molar-refractivity contribution in [3.05, 3.63) is 16.4 Å². The monoisotopic (exact) mass is 261 g/mol. The molecule has 0 radical (unpaired) electrons. The predicted octanol–water partition coefficient (Wildman–Crippen LogP) is 2.49. The third kappa shape index (κ3) is 3.40. The number of halogens is 1. The van der Waals surface area contributed by atoms with Gasteiger partial charge in [-0.25, -0.2) is 0 Å². The van der Waals surface area contributed by atoms with E-state index in [0.717, 1.165) is 40.9 Å². The molecule has 0 saturated carbocycles. The molecule has 0 aromatic carbocycles. The number of aromatic nitrogens is 2. The molecule has 92 valence electrons. The van der Waals surface area contributed by atoms with Crippen LogP contribution in [0.1, 0.15) is 25.2 Å². The van der Waals surface area contributed by atoms with Crippen LogP contribution < -0.4 is 5.73 Å². The van der Waals surface area contributed by atoms with Gasteiger partial charge < -0.3 is 5.73 Å². The molecular weight excluding hydrogens is 242 g/mol. The standard InChI is InChI=1S/C11H20ClN3S/c1-4-15-10(11(12)8(3)14-15)6-9(13)7-16-5-2/h9H,4-7,13H2,1-3H3. The Labute approximate surface area is 107 Å². The summed E-state index contributed by atoms with van der Waals surface area (Å²) < 4.78 is 1.95. The van der Waals surface area contributed by atoms with Crippen LogP contribution in [-0.4, -0.2) is 27.3 Å². The van der Waals surface area contributed by atoms with Crippen molar-refractivity contribution in [3.8, 4) is 0 Å². The van der Waals surface area contributed by atoms with Gasteiger partial charge in [0.2, 0.25) is 0 Å². The number of aryl methyl sites for hydroxylation is 2. The van der Waals surface area contributed by atoms with Gasteiger partial charge in [0, 0.05) is 24.8 Å². The highest BCUT2D eigenvalue weighted by Gasteiger charge is 2.15. The summed E-state index contributed by atoms with van der Waals surface area (Å²) in [5.41, 5.74) is 8.04. The highest BCUT2D eigenvalue weighted by atomic mass is 35.5. The molecular formula is C11H20ClN3S. The van der Waals surface area contributed by atoms with Crippen LogP contribution in [0.15, 0.2) is 0 Å². The number of hydrogen-bond acceptors (Lipinski definition) is 3. The van der Waals surface area contributed by atoms with Crippen molar-refractivity contribution in [1.82, 2.24) is 9.78 Å². The Hall–Kier alpha value is -0.190. The molecule has 0 aliphatic carbocycles. The van der Waals surface area contributed by atoms with Crippen molar-refractivity contribution in [2.75, 3.05) is 11.5 Å². The molecule has 0 aliphatic rings. The second-order valence-corrected chi connectivity index (χ2v) is 5.48. The Kier molecular flexibility index (Phi) is 5.66. The lowest BCUT2D eigenvalue weighted by Crippen LogP contribution is -2.27. The molecule has 0 spiro atoms. The quantitative estimate of drug-likeness (QED) is 0.856. The van der Waals surface area contributed by atoms with Crippen LogP contribution in [0.2, 0.25) is 5.02 Å². The molecule has 1 atom stereocenters. The van der Waals surface area contributed by atoms with Gasteiger partial charge in [0.15, 0.2) is 0 Å². The Morgan fingerprint density at radius 2 is 2.19 bits per heavy atom. The van der Waals surface area contributed by atoms with E-state index >= 15 is 0 Å². The van der Waals surface area contributed by atoms with E-state index in [-0.39, 0.29) is 6.04 Å². The van der Waals surface area contributed by atoms with Crippen molar-refractivity contribution in [2.24, 2.45) is 5.73 Å². The zero-order valence-electron chi connectivity index (χ0n) is 10.2. The van der Waals surface area contributed by atoms with E-state index in [9.17, 15) is 0 Å². The summed E-state index contributed by atoms with van der Waals surface area (Å²) in [5.74, 6) is 2.08. The van der Waals surface area contributed by atoms with E-state index in [4.69, 9.17) is 17.3 Å². The predicted molar refractivity (Wildman–Crippen MR) is 72.3 cm³/mol. The molecule has 0 saturated heterocycles. The van der Waals surface area contributed by atoms with E-state index in [0.29, 0.717) is 0 Å². The average molecular weight is 262 g/mol. The number of hydrogen-bond donors (Lipinski definition) is 1. The maximum atomic E-state index is 6.23. The van der Waals surface area contributed by atoms with Crippen LogP contribution >= 0.6 is 23.4 Å². The van der Waals surface area contributed by atoms with Gasteiger partial charge in [-0.1, -0.05) is 18.5 Å². The second-order valence-electron chi connectivity index (χ2n) is 3.79. The highest BCUT2D eigenvalue weighted by Crippen LogP contribution is 2.21. The summed E-state index contributed by atoms with van der Waals surface area (Å²) in [5, 5.41) is 5.16. The molecule has 0 fully saturated rings. The van der Waals surface area contributed by atoms with Crippen LogP contribution in [-0.2, 0) is 13.0 Å². The van der Waals surface area contributed by atoms with Crippen LogP contribution in [0.5, 0.6) is 0 Å². The van der Waals surface area contributed by atoms with Crippen molar-refractivity contribution in [2.45, 2.75) is 39.8 Å². The van der Waals surface area contributed by atoms with Crippen molar-refractivity contribution >= 4 is 23.4 Å². The molecule has 16 heavy (non-hydrogen) atoms. The SMILES string of the molecule is CCSCC(N)Cc1c(Cl)c(C)nn1CC. The van der Waals surface area contributed by atoms with E-state index in [1.807, 2.05) is 23.4 Å². The van der Waals surface area contributed by atoms with Crippen molar-refractivity contribution in [3.63, 3.8) is 0 Å². The third-order valence-electron chi connectivity index (χ3n) is 2.44. The smallest absolute Gasteiger partial charge is 0.0847 e. The maximum absolute atomic E-state index is 6.23. The van der Waals surface area contributed by atoms with Gasteiger partial charge in [-0.3, -0.25) is 4.68 Å². The van der Waals surface area contributed by atoms with E-state index < -0.39 is 0 Å². The molecule has 1 aromatic heterocycles. The van der Waals surface area contributed by atoms with Gasteiger partial charge in [0.25, 0.3) is 0 Å². The molecule has 1 unspecified atom stereocenters. The fraction of sp³-hybridized carbons (Fsp3) is 0.727. The molecule has 0 amide bonds. The van der Waals surface area contributed by atoms with E-state index in [1.54, 1.807) is 0 Å². The fourth-order valence-corrected chi connectivity index (χ4v) is 2.51. The highest BCUT2D eigenvalue weighted by molar-refractivity contribution is 7.99. The third-order valence-corrected chi connectivity index (χ3v) is 4.01. The number of rotatable bonds is 6. The average Bonchev–Trinajstić information content (AvgIpc) is 2.54. The number of nitrogens with zero attached hydrogens (tertiary/aromatic N) is 2. The van der Waals surface area contributed by atoms with Crippen LogP contribution in [0.3, 0.4) is 0 Å². The lowest BCUT2D eigenvalue weighted by molar-refractivity contribution is 0.594. The van der Waals surface area contributed by atoms with Gasteiger partial charge in [0.1, 0.15) is 0 Å². The maximum Gasteiger partial charge on any atom is 0.0847 e. The number of nitrogens with two attached hydrogens (primary N) is 1. The minimum Gasteiger partial charge on any atom is -0.327 e. The Morgan fingerprint density at radius 3 is 2.75 bits per heavy atom. The largest absolute Gasteiger partial charge is 0.327 e. The first-order valence-corrected chi connectivity index (χ1v) is 7.18. The molecule has 0 bridgehead atoms. The second kappa shape index (κ2) is 6.52. The first-order valence-electron chi connectivity index (χ1n) is 5.65. The van der Waals surface area contributed by atoms with Crippen LogP contribution in [0, 0.1) is 6.92 Å². The van der Waals surface area contributed by atoms with Gasteiger partial charge >= 0.3 is 0 Å². The Balaban J connectivity index is 2.71. The van der Waals surface area contributed by atoms with Crippen LogP contribution in [0.4, 0.5) is 0 Å². The summed E-state index contributed by atoms with van der Waals surface area (Å²) >= 11 is 8.09. The summed E-state index contributed by atoms with van der Waals surface area (Å²) in [4.78, 5) is 0. The zero-order valence-corrected chi connectivity index (χ0v) is 11.7.